The summed E-state index contributed by atoms with van der Waals surface area (Å²) in [6.45, 7) is 0. The summed E-state index contributed by atoms with van der Waals surface area (Å²) in [6, 6.07) is 9.80. The van der Waals surface area contributed by atoms with E-state index in [9.17, 15) is 4.79 Å². The molecule has 0 unspecified atom stereocenters. The van der Waals surface area contributed by atoms with Gasteiger partial charge in [-0.25, -0.2) is 4.99 Å². The van der Waals surface area contributed by atoms with Crippen molar-refractivity contribution in [2.45, 2.75) is 32.1 Å². The van der Waals surface area contributed by atoms with Crippen molar-refractivity contribution < 1.29 is 4.79 Å². The average molecular weight is 240 g/mol. The van der Waals surface area contributed by atoms with Crippen molar-refractivity contribution in [2.75, 3.05) is 0 Å². The third-order valence-corrected chi connectivity index (χ3v) is 3.51. The summed E-state index contributed by atoms with van der Waals surface area (Å²) >= 11 is 0. The van der Waals surface area contributed by atoms with Crippen molar-refractivity contribution in [2.24, 2.45) is 4.99 Å². The lowest BCUT2D eigenvalue weighted by atomic mass is 9.93. The highest BCUT2D eigenvalue weighted by molar-refractivity contribution is 6.18. The summed E-state index contributed by atoms with van der Waals surface area (Å²) < 4.78 is 0. The van der Waals surface area contributed by atoms with Gasteiger partial charge in [-0.15, -0.1) is 0 Å². The Balaban J connectivity index is 1.94. The van der Waals surface area contributed by atoms with Gasteiger partial charge in [-0.3, -0.25) is 4.79 Å². The van der Waals surface area contributed by atoms with E-state index < -0.39 is 0 Å². The van der Waals surface area contributed by atoms with E-state index in [1.807, 2.05) is 30.3 Å². The van der Waals surface area contributed by atoms with Crippen molar-refractivity contribution >= 4 is 11.7 Å². The van der Waals surface area contributed by atoms with Crippen LogP contribution in [0.4, 0.5) is 0 Å². The van der Waals surface area contributed by atoms with E-state index in [1.165, 1.54) is 24.8 Å². The molecule has 0 bridgehead atoms. The quantitative estimate of drug-likeness (QED) is 0.753. The maximum atomic E-state index is 12.0. The second-order valence-electron chi connectivity index (χ2n) is 4.79. The Labute approximate surface area is 107 Å². The van der Waals surface area contributed by atoms with Crippen LogP contribution in [0.2, 0.25) is 0 Å². The van der Waals surface area contributed by atoms with Gasteiger partial charge in [-0.1, -0.05) is 36.8 Å². The van der Waals surface area contributed by atoms with Crippen molar-refractivity contribution in [1.82, 2.24) is 5.32 Å². The highest BCUT2D eigenvalue weighted by Crippen LogP contribution is 2.28. The third kappa shape index (κ3) is 2.08. The predicted octanol–water partition coefficient (Wildman–Crippen LogP) is 2.78. The number of rotatable bonds is 1. The van der Waals surface area contributed by atoms with Gasteiger partial charge < -0.3 is 5.32 Å². The van der Waals surface area contributed by atoms with Crippen LogP contribution in [0.15, 0.2) is 46.6 Å². The summed E-state index contributed by atoms with van der Waals surface area (Å²) in [7, 11) is 0. The average Bonchev–Trinajstić information content (AvgIpc) is 2.83. The standard InChI is InChI=1S/C15H16N2O/c18-15-13(11-7-3-1-4-8-11)16-14(17-15)12-9-5-2-6-10-12/h2,5-6,9-10H,1,3-4,7-8H2,(H,16,17,18). The normalized spacial score (nSPS) is 19.8. The van der Waals surface area contributed by atoms with Gasteiger partial charge in [0.1, 0.15) is 11.5 Å². The number of nitrogens with zero attached hydrogens (tertiary/aromatic N) is 1. The highest BCUT2D eigenvalue weighted by Gasteiger charge is 2.24. The van der Waals surface area contributed by atoms with Gasteiger partial charge in [-0.05, 0) is 31.3 Å². The van der Waals surface area contributed by atoms with Crippen LogP contribution in [0.3, 0.4) is 0 Å². The van der Waals surface area contributed by atoms with E-state index in [1.54, 1.807) is 0 Å². The van der Waals surface area contributed by atoms with Gasteiger partial charge in [0, 0.05) is 5.56 Å². The van der Waals surface area contributed by atoms with Crippen LogP contribution in [0.1, 0.15) is 37.7 Å². The molecule has 3 rings (SSSR count). The summed E-state index contributed by atoms with van der Waals surface area (Å²) in [5, 5.41) is 2.87. The minimum atomic E-state index is -0.0363. The maximum Gasteiger partial charge on any atom is 0.275 e. The van der Waals surface area contributed by atoms with E-state index in [2.05, 4.69) is 10.3 Å². The van der Waals surface area contributed by atoms with Gasteiger partial charge in [0.15, 0.2) is 0 Å². The molecular weight excluding hydrogens is 224 g/mol. The molecule has 3 heteroatoms. The number of hydrogen-bond acceptors (Lipinski definition) is 2. The van der Waals surface area contributed by atoms with Gasteiger partial charge in [0.05, 0.1) is 0 Å². The molecule has 1 N–H and O–H groups in total. The van der Waals surface area contributed by atoms with Crippen LogP contribution in [-0.2, 0) is 4.79 Å². The lowest BCUT2D eigenvalue weighted by Crippen LogP contribution is -2.25. The lowest BCUT2D eigenvalue weighted by molar-refractivity contribution is -0.115. The molecule has 92 valence electrons. The highest BCUT2D eigenvalue weighted by atomic mass is 16.2. The zero-order valence-electron chi connectivity index (χ0n) is 10.3. The number of amidine groups is 1. The second-order valence-corrected chi connectivity index (χ2v) is 4.79. The Morgan fingerprint density at radius 2 is 1.72 bits per heavy atom. The number of allylic oxidation sites excluding steroid dienone is 1. The van der Waals surface area contributed by atoms with Crippen LogP contribution >= 0.6 is 0 Å². The molecule has 3 nitrogen and oxygen atoms in total. The van der Waals surface area contributed by atoms with Crippen LogP contribution in [-0.4, -0.2) is 11.7 Å². The summed E-state index contributed by atoms with van der Waals surface area (Å²) in [6.07, 6.45) is 5.68. The van der Waals surface area contributed by atoms with E-state index in [0.29, 0.717) is 11.5 Å². The molecule has 1 aromatic carbocycles. The zero-order chi connectivity index (χ0) is 12.4. The Morgan fingerprint density at radius 1 is 1.00 bits per heavy atom. The molecule has 1 heterocycles. The number of benzene rings is 1. The second kappa shape index (κ2) is 4.77. The number of hydrogen-bond donors (Lipinski definition) is 1. The van der Waals surface area contributed by atoms with Gasteiger partial charge >= 0.3 is 0 Å². The van der Waals surface area contributed by atoms with Gasteiger partial charge in [-0.2, -0.15) is 0 Å². The van der Waals surface area contributed by atoms with E-state index in [-0.39, 0.29) is 5.91 Å². The first kappa shape index (κ1) is 11.2. The van der Waals surface area contributed by atoms with E-state index in [0.717, 1.165) is 18.4 Å². The molecule has 18 heavy (non-hydrogen) atoms. The molecule has 1 aromatic rings. The van der Waals surface area contributed by atoms with Crippen LogP contribution in [0.25, 0.3) is 0 Å². The maximum absolute atomic E-state index is 12.0. The Bertz CT molecular complexity index is 521. The number of aliphatic imine (C=N–C) groups is 1. The molecule has 1 saturated carbocycles. The number of carbonyl (C=O) groups excluding carboxylic acids is 1. The smallest absolute Gasteiger partial charge is 0.275 e. The third-order valence-electron chi connectivity index (χ3n) is 3.51. The molecule has 0 spiro atoms. The lowest BCUT2D eigenvalue weighted by Gasteiger charge is -2.13. The first-order chi connectivity index (χ1) is 8.84. The van der Waals surface area contributed by atoms with Gasteiger partial charge in [0.25, 0.3) is 5.91 Å². The number of nitrogens with one attached hydrogen (secondary N) is 1. The molecular formula is C15H16N2O. The zero-order valence-corrected chi connectivity index (χ0v) is 10.3. The molecule has 1 fully saturated rings. The summed E-state index contributed by atoms with van der Waals surface area (Å²) in [5.41, 5.74) is 2.86. The molecule has 2 aliphatic rings. The molecule has 0 aromatic heterocycles. The van der Waals surface area contributed by atoms with Crippen molar-refractivity contribution in [1.29, 1.82) is 0 Å². The molecule has 0 radical (unpaired) electrons. The SMILES string of the molecule is O=C1NC(c2ccccc2)=NC1=C1CCCCC1. The van der Waals surface area contributed by atoms with Crippen LogP contribution in [0.5, 0.6) is 0 Å². The molecule has 1 amide bonds. The van der Waals surface area contributed by atoms with Gasteiger partial charge in [0.2, 0.25) is 0 Å². The van der Waals surface area contributed by atoms with Crippen molar-refractivity contribution in [3.8, 4) is 0 Å². The topological polar surface area (TPSA) is 41.5 Å². The number of carbonyl (C=O) groups is 1. The largest absolute Gasteiger partial charge is 0.305 e. The van der Waals surface area contributed by atoms with Crippen LogP contribution in [0, 0.1) is 0 Å². The summed E-state index contributed by atoms with van der Waals surface area (Å²) in [4.78, 5) is 16.5. The van der Waals surface area contributed by atoms with E-state index in [4.69, 9.17) is 0 Å². The van der Waals surface area contributed by atoms with Crippen molar-refractivity contribution in [3.05, 3.63) is 47.2 Å². The Kier molecular flexibility index (Phi) is 2.97. The summed E-state index contributed by atoms with van der Waals surface area (Å²) in [5.74, 6) is 0.652. The molecule has 1 aliphatic heterocycles. The molecule has 0 atom stereocenters. The van der Waals surface area contributed by atoms with E-state index >= 15 is 0 Å². The first-order valence-electron chi connectivity index (χ1n) is 6.52. The van der Waals surface area contributed by atoms with Crippen molar-refractivity contribution in [3.63, 3.8) is 0 Å². The minimum Gasteiger partial charge on any atom is -0.305 e. The Morgan fingerprint density at radius 3 is 2.44 bits per heavy atom. The monoisotopic (exact) mass is 240 g/mol. The number of amides is 1. The minimum absolute atomic E-state index is 0.0363. The fourth-order valence-electron chi connectivity index (χ4n) is 2.54. The van der Waals surface area contributed by atoms with Crippen LogP contribution < -0.4 is 5.32 Å². The molecule has 1 aliphatic carbocycles. The Hall–Kier alpha value is -1.90. The molecule has 0 saturated heterocycles. The first-order valence-corrected chi connectivity index (χ1v) is 6.52. The fraction of sp³-hybridized carbons (Fsp3) is 0.333. The fourth-order valence-corrected chi connectivity index (χ4v) is 2.54. The predicted molar refractivity (Wildman–Crippen MR) is 71.2 cm³/mol.